The lowest BCUT2D eigenvalue weighted by Gasteiger charge is -2.07. The number of methoxy groups -OCH3 is 1. The van der Waals surface area contributed by atoms with Crippen molar-refractivity contribution in [1.82, 2.24) is 14.8 Å². The number of nitrogens with zero attached hydrogens (tertiary/aromatic N) is 3. The number of anilines is 1. The van der Waals surface area contributed by atoms with E-state index in [1.165, 1.54) is 19.2 Å². The number of ether oxygens (including phenoxy) is 1. The number of hydrogen-bond acceptors (Lipinski definition) is 4. The van der Waals surface area contributed by atoms with E-state index in [0.29, 0.717) is 5.82 Å². The lowest BCUT2D eigenvalue weighted by Crippen LogP contribution is -2.17. The van der Waals surface area contributed by atoms with Gasteiger partial charge in [0.2, 0.25) is 0 Å². The van der Waals surface area contributed by atoms with Crippen molar-refractivity contribution in [3.05, 3.63) is 54.6 Å². The number of hydrogen-bond donors (Lipinski definition) is 1. The van der Waals surface area contributed by atoms with Crippen molar-refractivity contribution in [1.29, 1.82) is 0 Å². The van der Waals surface area contributed by atoms with Crippen LogP contribution in [0.3, 0.4) is 0 Å². The van der Waals surface area contributed by atoms with Crippen LogP contribution in [0.15, 0.2) is 48.8 Å². The molecule has 7 heteroatoms. The van der Waals surface area contributed by atoms with Crippen molar-refractivity contribution in [3.8, 4) is 22.4 Å². The molecule has 1 N–H and O–H groups in total. The molecule has 25 heavy (non-hydrogen) atoms. The Morgan fingerprint density at radius 2 is 2.00 bits per heavy atom. The van der Waals surface area contributed by atoms with E-state index in [-0.39, 0.29) is 18.3 Å². The maximum absolute atomic E-state index is 13.2. The Hall–Kier alpha value is -3.06. The fourth-order valence-electron chi connectivity index (χ4n) is 2.50. The fraction of sp³-hybridized carbons (Fsp3) is 0.167. The average Bonchev–Trinajstić information content (AvgIpc) is 2.98. The summed E-state index contributed by atoms with van der Waals surface area (Å²) in [5.41, 5.74) is 3.23. The van der Waals surface area contributed by atoms with Gasteiger partial charge in [-0.15, -0.1) is 0 Å². The molecular weight excluding hydrogens is 323 g/mol. The van der Waals surface area contributed by atoms with Crippen LogP contribution in [0.1, 0.15) is 0 Å². The summed E-state index contributed by atoms with van der Waals surface area (Å²) in [6.07, 6.45) is 3.48. The van der Waals surface area contributed by atoms with E-state index >= 15 is 0 Å². The SMILES string of the molecule is COCC(=O)Nc1cc(-c2cn(C)nc2-c2ccc(F)cc2)ccn1. The van der Waals surface area contributed by atoms with E-state index in [0.717, 1.165) is 22.4 Å². The highest BCUT2D eigenvalue weighted by molar-refractivity contribution is 5.91. The summed E-state index contributed by atoms with van der Waals surface area (Å²) in [6, 6.07) is 9.76. The third-order valence-electron chi connectivity index (χ3n) is 3.56. The van der Waals surface area contributed by atoms with Gasteiger partial charge < -0.3 is 10.1 Å². The zero-order valence-corrected chi connectivity index (χ0v) is 13.9. The molecule has 0 saturated heterocycles. The molecular formula is C18H17FN4O2. The standard InChI is InChI=1S/C18H17FN4O2/c1-23-10-15(18(22-23)12-3-5-14(19)6-4-12)13-7-8-20-16(9-13)21-17(24)11-25-2/h3-10H,11H2,1-2H3,(H,20,21,24). The van der Waals surface area contributed by atoms with Crippen LogP contribution in [0.4, 0.5) is 10.2 Å². The van der Waals surface area contributed by atoms with E-state index in [1.54, 1.807) is 29.1 Å². The summed E-state index contributed by atoms with van der Waals surface area (Å²) in [4.78, 5) is 15.8. The van der Waals surface area contributed by atoms with Gasteiger partial charge in [-0.05, 0) is 42.0 Å². The first-order chi connectivity index (χ1) is 12.1. The van der Waals surface area contributed by atoms with Crippen molar-refractivity contribution in [3.63, 3.8) is 0 Å². The molecule has 0 fully saturated rings. The van der Waals surface area contributed by atoms with Gasteiger partial charge >= 0.3 is 0 Å². The number of benzene rings is 1. The number of aryl methyl sites for hydroxylation is 1. The van der Waals surface area contributed by atoms with Crippen LogP contribution in [-0.4, -0.2) is 34.4 Å². The van der Waals surface area contributed by atoms with Crippen LogP contribution in [0.25, 0.3) is 22.4 Å². The first-order valence-electron chi connectivity index (χ1n) is 7.61. The Kier molecular flexibility index (Phi) is 4.85. The molecule has 3 rings (SSSR count). The predicted octanol–water partition coefficient (Wildman–Crippen LogP) is 2.87. The fourth-order valence-corrected chi connectivity index (χ4v) is 2.50. The van der Waals surface area contributed by atoms with Gasteiger partial charge in [0, 0.05) is 37.7 Å². The smallest absolute Gasteiger partial charge is 0.251 e. The molecule has 0 spiro atoms. The summed E-state index contributed by atoms with van der Waals surface area (Å²) in [7, 11) is 3.27. The van der Waals surface area contributed by atoms with Crippen molar-refractivity contribution < 1.29 is 13.9 Å². The largest absolute Gasteiger partial charge is 0.375 e. The Bertz CT molecular complexity index is 890. The van der Waals surface area contributed by atoms with E-state index in [2.05, 4.69) is 15.4 Å². The number of aromatic nitrogens is 3. The molecule has 0 aliphatic rings. The van der Waals surface area contributed by atoms with E-state index in [4.69, 9.17) is 4.74 Å². The Morgan fingerprint density at radius 3 is 2.72 bits per heavy atom. The van der Waals surface area contributed by atoms with Gasteiger partial charge in [0.05, 0.1) is 0 Å². The lowest BCUT2D eigenvalue weighted by atomic mass is 10.0. The Balaban J connectivity index is 1.97. The van der Waals surface area contributed by atoms with E-state index in [1.807, 2.05) is 19.3 Å². The molecule has 0 aliphatic carbocycles. The second-order valence-corrected chi connectivity index (χ2v) is 5.48. The lowest BCUT2D eigenvalue weighted by molar-refractivity contribution is -0.119. The summed E-state index contributed by atoms with van der Waals surface area (Å²) in [5, 5.41) is 7.15. The monoisotopic (exact) mass is 340 g/mol. The number of carbonyl (C=O) groups is 1. The number of carbonyl (C=O) groups excluding carboxylic acids is 1. The zero-order valence-electron chi connectivity index (χ0n) is 13.9. The quantitative estimate of drug-likeness (QED) is 0.775. The number of amides is 1. The van der Waals surface area contributed by atoms with E-state index in [9.17, 15) is 9.18 Å². The molecule has 0 atom stereocenters. The number of nitrogens with one attached hydrogen (secondary N) is 1. The molecule has 128 valence electrons. The maximum Gasteiger partial charge on any atom is 0.251 e. The first-order valence-corrected chi connectivity index (χ1v) is 7.61. The van der Waals surface area contributed by atoms with Gasteiger partial charge in [-0.2, -0.15) is 5.10 Å². The van der Waals surface area contributed by atoms with Gasteiger partial charge in [-0.3, -0.25) is 9.48 Å². The van der Waals surface area contributed by atoms with Gasteiger partial charge in [0.25, 0.3) is 5.91 Å². The first kappa shape index (κ1) is 16.8. The van der Waals surface area contributed by atoms with Crippen molar-refractivity contribution in [2.75, 3.05) is 19.0 Å². The van der Waals surface area contributed by atoms with Crippen molar-refractivity contribution >= 4 is 11.7 Å². The summed E-state index contributed by atoms with van der Waals surface area (Å²) >= 11 is 0. The van der Waals surface area contributed by atoms with Gasteiger partial charge in [-0.1, -0.05) is 0 Å². The number of rotatable bonds is 5. The minimum Gasteiger partial charge on any atom is -0.375 e. The molecule has 0 radical (unpaired) electrons. The second-order valence-electron chi connectivity index (χ2n) is 5.48. The highest BCUT2D eigenvalue weighted by atomic mass is 19.1. The molecule has 0 bridgehead atoms. The van der Waals surface area contributed by atoms with Crippen LogP contribution in [-0.2, 0) is 16.6 Å². The topological polar surface area (TPSA) is 69.0 Å². The van der Waals surface area contributed by atoms with Crippen molar-refractivity contribution in [2.24, 2.45) is 7.05 Å². The molecule has 2 heterocycles. The van der Waals surface area contributed by atoms with E-state index < -0.39 is 0 Å². The van der Waals surface area contributed by atoms with Crippen LogP contribution >= 0.6 is 0 Å². The zero-order chi connectivity index (χ0) is 17.8. The van der Waals surface area contributed by atoms with Gasteiger partial charge in [0.15, 0.2) is 0 Å². The average molecular weight is 340 g/mol. The molecule has 2 aromatic heterocycles. The van der Waals surface area contributed by atoms with Crippen LogP contribution in [0.2, 0.25) is 0 Å². The number of halogens is 1. The summed E-state index contributed by atoms with van der Waals surface area (Å²) < 4.78 is 19.7. The van der Waals surface area contributed by atoms with Gasteiger partial charge in [-0.25, -0.2) is 9.37 Å². The molecule has 0 saturated carbocycles. The van der Waals surface area contributed by atoms with Gasteiger partial charge in [0.1, 0.15) is 23.9 Å². The predicted molar refractivity (Wildman–Crippen MR) is 92.3 cm³/mol. The molecule has 6 nitrogen and oxygen atoms in total. The highest BCUT2D eigenvalue weighted by Gasteiger charge is 2.13. The molecule has 1 aromatic carbocycles. The highest BCUT2D eigenvalue weighted by Crippen LogP contribution is 2.31. The summed E-state index contributed by atoms with van der Waals surface area (Å²) in [6.45, 7) is -0.0420. The second kappa shape index (κ2) is 7.23. The normalized spacial score (nSPS) is 10.7. The van der Waals surface area contributed by atoms with Crippen LogP contribution in [0.5, 0.6) is 0 Å². The minimum atomic E-state index is -0.298. The molecule has 1 amide bonds. The Morgan fingerprint density at radius 1 is 1.24 bits per heavy atom. The molecule has 0 unspecified atom stereocenters. The minimum absolute atomic E-state index is 0.0420. The van der Waals surface area contributed by atoms with Crippen LogP contribution in [0, 0.1) is 5.82 Å². The summed E-state index contributed by atoms with van der Waals surface area (Å²) in [5.74, 6) is -0.154. The molecule has 0 aliphatic heterocycles. The van der Waals surface area contributed by atoms with Crippen molar-refractivity contribution in [2.45, 2.75) is 0 Å². The maximum atomic E-state index is 13.2. The third kappa shape index (κ3) is 3.89. The third-order valence-corrected chi connectivity index (χ3v) is 3.56. The van der Waals surface area contributed by atoms with Crippen LogP contribution < -0.4 is 5.32 Å². The molecule has 3 aromatic rings. The number of pyridine rings is 1. The Labute approximate surface area is 144 Å².